The van der Waals surface area contributed by atoms with E-state index in [1.807, 2.05) is 60.7 Å². The second-order valence-electron chi connectivity index (χ2n) is 4.86. The number of pyridine rings is 1. The van der Waals surface area contributed by atoms with E-state index >= 15 is 0 Å². The molecule has 0 unspecified atom stereocenters. The second kappa shape index (κ2) is 5.29. The van der Waals surface area contributed by atoms with Crippen LogP contribution in [0.5, 0.6) is 5.75 Å². The van der Waals surface area contributed by atoms with E-state index in [4.69, 9.17) is 0 Å². The molecule has 3 nitrogen and oxygen atoms in total. The quantitative estimate of drug-likeness (QED) is 0.722. The van der Waals surface area contributed by atoms with Crippen molar-refractivity contribution in [2.24, 2.45) is 0 Å². The van der Waals surface area contributed by atoms with Gasteiger partial charge >= 0.3 is 0 Å². The van der Waals surface area contributed by atoms with Gasteiger partial charge in [0.1, 0.15) is 0 Å². The van der Waals surface area contributed by atoms with Gasteiger partial charge < -0.3 is 5.11 Å². The predicted molar refractivity (Wildman–Crippen MR) is 81.7 cm³/mol. The van der Waals surface area contributed by atoms with Gasteiger partial charge in [-0.1, -0.05) is 54.3 Å². The standard InChI is InChI=1S/C18H15NO2/c1-13-16(20)12-17(21)19(15-10-6-3-7-11-15)18(13)14-8-4-2-5-9-14/h2-12,20H,1H3/p-1. The maximum absolute atomic E-state index is 12.3. The maximum atomic E-state index is 12.3. The summed E-state index contributed by atoms with van der Waals surface area (Å²) in [5, 5.41) is 12.0. The summed E-state index contributed by atoms with van der Waals surface area (Å²) >= 11 is 0. The van der Waals surface area contributed by atoms with Crippen molar-refractivity contribution in [3.63, 3.8) is 0 Å². The third kappa shape index (κ3) is 2.34. The number of rotatable bonds is 2. The van der Waals surface area contributed by atoms with Gasteiger partial charge in [-0.05, 0) is 36.2 Å². The monoisotopic (exact) mass is 276 g/mol. The normalized spacial score (nSPS) is 10.5. The van der Waals surface area contributed by atoms with E-state index in [-0.39, 0.29) is 11.3 Å². The van der Waals surface area contributed by atoms with Gasteiger partial charge in [-0.25, -0.2) is 0 Å². The number of aromatic nitrogens is 1. The molecule has 0 saturated carbocycles. The summed E-state index contributed by atoms with van der Waals surface area (Å²) in [4.78, 5) is 12.3. The van der Waals surface area contributed by atoms with Crippen molar-refractivity contribution in [1.82, 2.24) is 4.57 Å². The molecule has 0 aliphatic heterocycles. The topological polar surface area (TPSA) is 45.1 Å². The van der Waals surface area contributed by atoms with Crippen LogP contribution in [0, 0.1) is 6.92 Å². The fourth-order valence-corrected chi connectivity index (χ4v) is 2.45. The first kappa shape index (κ1) is 13.2. The van der Waals surface area contributed by atoms with E-state index in [0.717, 1.165) is 17.3 Å². The first-order valence-electron chi connectivity index (χ1n) is 6.73. The van der Waals surface area contributed by atoms with Gasteiger partial charge in [-0.2, -0.15) is 0 Å². The molecule has 1 aromatic heterocycles. The maximum Gasteiger partial charge on any atom is 0.254 e. The van der Waals surface area contributed by atoms with Gasteiger partial charge in [0, 0.05) is 5.69 Å². The lowest BCUT2D eigenvalue weighted by atomic mass is 10.0. The highest BCUT2D eigenvalue weighted by molar-refractivity contribution is 5.68. The fourth-order valence-electron chi connectivity index (χ4n) is 2.45. The van der Waals surface area contributed by atoms with Crippen molar-refractivity contribution >= 4 is 0 Å². The molecule has 21 heavy (non-hydrogen) atoms. The SMILES string of the molecule is Cc1c([O-])cc(=O)n(-c2ccccc2)c1-c1ccccc1. The highest BCUT2D eigenvalue weighted by Gasteiger charge is 2.12. The molecule has 2 aromatic carbocycles. The lowest BCUT2D eigenvalue weighted by molar-refractivity contribution is -0.269. The Labute approximate surface area is 122 Å². The van der Waals surface area contributed by atoms with Crippen molar-refractivity contribution in [2.75, 3.05) is 0 Å². The Balaban J connectivity index is 2.40. The Kier molecular flexibility index (Phi) is 3.32. The third-order valence-corrected chi connectivity index (χ3v) is 3.48. The van der Waals surface area contributed by atoms with Gasteiger partial charge in [0.25, 0.3) is 5.56 Å². The molecule has 104 valence electrons. The van der Waals surface area contributed by atoms with Crippen LogP contribution in [0.1, 0.15) is 5.56 Å². The average molecular weight is 276 g/mol. The van der Waals surface area contributed by atoms with Crippen LogP contribution in [0.4, 0.5) is 0 Å². The molecule has 1 heterocycles. The molecule has 0 N–H and O–H groups in total. The van der Waals surface area contributed by atoms with E-state index in [9.17, 15) is 9.90 Å². The van der Waals surface area contributed by atoms with E-state index in [1.165, 1.54) is 0 Å². The summed E-state index contributed by atoms with van der Waals surface area (Å²) in [7, 11) is 0. The van der Waals surface area contributed by atoms with Gasteiger partial charge in [0.2, 0.25) is 0 Å². The first-order chi connectivity index (χ1) is 10.2. The zero-order chi connectivity index (χ0) is 14.8. The van der Waals surface area contributed by atoms with Crippen molar-refractivity contribution < 1.29 is 5.11 Å². The molecule has 0 radical (unpaired) electrons. The molecule has 3 rings (SSSR count). The highest BCUT2D eigenvalue weighted by Crippen LogP contribution is 2.28. The smallest absolute Gasteiger partial charge is 0.254 e. The van der Waals surface area contributed by atoms with E-state index in [1.54, 1.807) is 11.5 Å². The molecule has 3 aromatic rings. The molecular weight excluding hydrogens is 262 g/mol. The highest BCUT2D eigenvalue weighted by atomic mass is 16.3. The van der Waals surface area contributed by atoms with Crippen LogP contribution in [-0.4, -0.2) is 4.57 Å². The summed E-state index contributed by atoms with van der Waals surface area (Å²) in [6.07, 6.45) is 0. The largest absolute Gasteiger partial charge is 0.872 e. The van der Waals surface area contributed by atoms with Crippen molar-refractivity contribution in [3.8, 4) is 22.7 Å². The van der Waals surface area contributed by atoms with Gasteiger partial charge in [0.15, 0.2) is 0 Å². The number of hydrogen-bond donors (Lipinski definition) is 0. The van der Waals surface area contributed by atoms with Gasteiger partial charge in [0.05, 0.1) is 5.69 Å². The number of para-hydroxylation sites is 1. The van der Waals surface area contributed by atoms with Crippen LogP contribution in [0.2, 0.25) is 0 Å². The van der Waals surface area contributed by atoms with Crippen LogP contribution >= 0.6 is 0 Å². The summed E-state index contributed by atoms with van der Waals surface area (Å²) < 4.78 is 1.59. The molecule has 0 aliphatic carbocycles. The second-order valence-corrected chi connectivity index (χ2v) is 4.86. The van der Waals surface area contributed by atoms with Crippen LogP contribution in [0.15, 0.2) is 71.5 Å². The Morgan fingerprint density at radius 2 is 1.48 bits per heavy atom. The molecule has 0 fully saturated rings. The van der Waals surface area contributed by atoms with E-state index < -0.39 is 0 Å². The summed E-state index contributed by atoms with van der Waals surface area (Å²) in [5.41, 5.74) is 2.53. The Morgan fingerprint density at radius 1 is 0.905 bits per heavy atom. The van der Waals surface area contributed by atoms with Crippen molar-refractivity contribution in [3.05, 3.63) is 82.6 Å². The molecular formula is C18H14NO2-. The number of benzene rings is 2. The minimum absolute atomic E-state index is 0.231. The molecule has 3 heteroatoms. The van der Waals surface area contributed by atoms with E-state index in [2.05, 4.69) is 0 Å². The van der Waals surface area contributed by atoms with Crippen LogP contribution in [0.3, 0.4) is 0 Å². The summed E-state index contributed by atoms with van der Waals surface area (Å²) in [6, 6.07) is 20.0. The van der Waals surface area contributed by atoms with Crippen LogP contribution in [0.25, 0.3) is 16.9 Å². The Bertz CT molecular complexity index is 821. The number of nitrogens with zero attached hydrogens (tertiary/aromatic N) is 1. The first-order valence-corrected chi connectivity index (χ1v) is 6.73. The lowest BCUT2D eigenvalue weighted by Gasteiger charge is -2.20. The predicted octanol–water partition coefficient (Wildman–Crippen LogP) is 2.89. The molecule has 0 atom stereocenters. The minimum atomic E-state index is -0.310. The average Bonchev–Trinajstić information content (AvgIpc) is 2.52. The van der Waals surface area contributed by atoms with Crippen molar-refractivity contribution in [2.45, 2.75) is 6.92 Å². The summed E-state index contributed by atoms with van der Waals surface area (Å²) in [5.74, 6) is -0.231. The summed E-state index contributed by atoms with van der Waals surface area (Å²) in [6.45, 7) is 1.75. The minimum Gasteiger partial charge on any atom is -0.872 e. The molecule has 0 saturated heterocycles. The fraction of sp³-hybridized carbons (Fsp3) is 0.0556. The Morgan fingerprint density at radius 3 is 2.10 bits per heavy atom. The van der Waals surface area contributed by atoms with Gasteiger partial charge in [-0.15, -0.1) is 0 Å². The zero-order valence-corrected chi connectivity index (χ0v) is 11.6. The molecule has 0 aliphatic rings. The molecule has 0 amide bonds. The third-order valence-electron chi connectivity index (χ3n) is 3.48. The van der Waals surface area contributed by atoms with Crippen molar-refractivity contribution in [1.29, 1.82) is 0 Å². The van der Waals surface area contributed by atoms with Crippen LogP contribution < -0.4 is 10.7 Å². The molecule has 0 bridgehead atoms. The number of hydrogen-bond acceptors (Lipinski definition) is 2. The van der Waals surface area contributed by atoms with E-state index in [0.29, 0.717) is 11.3 Å². The zero-order valence-electron chi connectivity index (χ0n) is 11.6. The van der Waals surface area contributed by atoms with Gasteiger partial charge in [-0.3, -0.25) is 9.36 Å². The van der Waals surface area contributed by atoms with Crippen LogP contribution in [-0.2, 0) is 0 Å². The lowest BCUT2D eigenvalue weighted by Crippen LogP contribution is -2.21. The Hall–Kier alpha value is -2.81. The molecule has 0 spiro atoms.